The Bertz CT molecular complexity index is 640. The molecule has 0 amide bonds. The van der Waals surface area contributed by atoms with Gasteiger partial charge in [0.2, 0.25) is 0 Å². The molecule has 2 aromatic carbocycles. The molecule has 3 heteroatoms. The third-order valence-electron chi connectivity index (χ3n) is 4.50. The van der Waals surface area contributed by atoms with Crippen LogP contribution in [0.4, 0.5) is 0 Å². The highest BCUT2D eigenvalue weighted by molar-refractivity contribution is 5.48. The first-order valence-corrected chi connectivity index (χ1v) is 9.25. The van der Waals surface area contributed by atoms with E-state index in [9.17, 15) is 0 Å². The van der Waals surface area contributed by atoms with Crippen LogP contribution in [0.2, 0.25) is 0 Å². The highest BCUT2D eigenvalue weighted by atomic mass is 16.5. The van der Waals surface area contributed by atoms with Crippen molar-refractivity contribution in [3.8, 4) is 11.5 Å². The van der Waals surface area contributed by atoms with E-state index >= 15 is 0 Å². The summed E-state index contributed by atoms with van der Waals surface area (Å²) in [7, 11) is 3.46. The van der Waals surface area contributed by atoms with Crippen LogP contribution >= 0.6 is 0 Å². The Labute approximate surface area is 152 Å². The first-order chi connectivity index (χ1) is 12.2. The monoisotopic (exact) mass is 341 g/mol. The van der Waals surface area contributed by atoms with Gasteiger partial charge in [0, 0.05) is 24.2 Å². The SMILES string of the molecule is CCCc1cc(C(CCC)NCc2ccccc2)c(OC)cc1OC. The van der Waals surface area contributed by atoms with Crippen molar-refractivity contribution < 1.29 is 9.47 Å². The van der Waals surface area contributed by atoms with Crippen molar-refractivity contribution in [1.29, 1.82) is 0 Å². The zero-order valence-corrected chi connectivity index (χ0v) is 16.0. The fraction of sp³-hybridized carbons (Fsp3) is 0.455. The van der Waals surface area contributed by atoms with E-state index in [1.807, 2.05) is 6.07 Å². The van der Waals surface area contributed by atoms with Crippen LogP contribution in [-0.2, 0) is 13.0 Å². The third kappa shape index (κ3) is 5.23. The molecule has 0 aliphatic rings. The molecule has 1 unspecified atom stereocenters. The molecule has 3 nitrogen and oxygen atoms in total. The minimum atomic E-state index is 0.265. The summed E-state index contributed by atoms with van der Waals surface area (Å²) in [5.41, 5.74) is 3.78. The molecule has 0 aromatic heterocycles. The average Bonchev–Trinajstić information content (AvgIpc) is 2.66. The van der Waals surface area contributed by atoms with Crippen molar-refractivity contribution in [1.82, 2.24) is 5.32 Å². The summed E-state index contributed by atoms with van der Waals surface area (Å²) in [6.45, 7) is 5.27. The molecular weight excluding hydrogens is 310 g/mol. The maximum absolute atomic E-state index is 5.68. The number of benzene rings is 2. The van der Waals surface area contributed by atoms with Crippen molar-refractivity contribution in [2.75, 3.05) is 14.2 Å². The molecule has 0 saturated heterocycles. The van der Waals surface area contributed by atoms with Crippen LogP contribution in [0, 0.1) is 0 Å². The van der Waals surface area contributed by atoms with Crippen molar-refractivity contribution in [2.45, 2.75) is 52.1 Å². The van der Waals surface area contributed by atoms with E-state index in [1.54, 1.807) is 14.2 Å². The molecule has 0 spiro atoms. The van der Waals surface area contributed by atoms with E-state index < -0.39 is 0 Å². The topological polar surface area (TPSA) is 30.5 Å². The molecule has 2 rings (SSSR count). The minimum absolute atomic E-state index is 0.265. The number of methoxy groups -OCH3 is 2. The van der Waals surface area contributed by atoms with Crippen molar-refractivity contribution >= 4 is 0 Å². The van der Waals surface area contributed by atoms with Crippen LogP contribution in [-0.4, -0.2) is 14.2 Å². The number of nitrogens with one attached hydrogen (secondary N) is 1. The zero-order valence-electron chi connectivity index (χ0n) is 16.0. The van der Waals surface area contributed by atoms with Gasteiger partial charge in [0.1, 0.15) is 11.5 Å². The molecule has 0 heterocycles. The van der Waals surface area contributed by atoms with Gasteiger partial charge in [-0.25, -0.2) is 0 Å². The van der Waals surface area contributed by atoms with Gasteiger partial charge in [-0.05, 0) is 30.0 Å². The Morgan fingerprint density at radius 3 is 2.24 bits per heavy atom. The lowest BCUT2D eigenvalue weighted by molar-refractivity contribution is 0.378. The molecule has 25 heavy (non-hydrogen) atoms. The van der Waals surface area contributed by atoms with Crippen LogP contribution in [0.3, 0.4) is 0 Å². The van der Waals surface area contributed by atoms with Gasteiger partial charge >= 0.3 is 0 Å². The van der Waals surface area contributed by atoms with Gasteiger partial charge in [0.15, 0.2) is 0 Å². The van der Waals surface area contributed by atoms with E-state index in [0.717, 1.165) is 43.7 Å². The molecule has 0 fully saturated rings. The quantitative estimate of drug-likeness (QED) is 0.637. The number of ether oxygens (including phenoxy) is 2. The highest BCUT2D eigenvalue weighted by Gasteiger charge is 2.18. The van der Waals surface area contributed by atoms with Gasteiger partial charge in [-0.3, -0.25) is 0 Å². The highest BCUT2D eigenvalue weighted by Crippen LogP contribution is 2.35. The number of hydrogen-bond acceptors (Lipinski definition) is 3. The molecule has 0 aliphatic carbocycles. The predicted octanol–water partition coefficient (Wildman–Crippen LogP) is 5.29. The first kappa shape index (κ1) is 19.3. The maximum atomic E-state index is 5.68. The largest absolute Gasteiger partial charge is 0.496 e. The van der Waals surface area contributed by atoms with E-state index in [1.165, 1.54) is 16.7 Å². The summed E-state index contributed by atoms with van der Waals surface area (Å²) in [4.78, 5) is 0. The standard InChI is InChI=1S/C22H31NO2/c1-5-10-18-14-19(22(25-4)15-21(18)24-3)20(11-6-2)23-16-17-12-8-7-9-13-17/h7-9,12-15,20,23H,5-6,10-11,16H2,1-4H3. The molecule has 2 aromatic rings. The van der Waals surface area contributed by atoms with Crippen LogP contribution in [0.5, 0.6) is 11.5 Å². The normalized spacial score (nSPS) is 12.0. The number of rotatable bonds is 10. The molecule has 0 saturated carbocycles. The summed E-state index contributed by atoms with van der Waals surface area (Å²) < 4.78 is 11.2. The van der Waals surface area contributed by atoms with Gasteiger partial charge in [-0.2, -0.15) is 0 Å². The Balaban J connectivity index is 2.29. The number of hydrogen-bond donors (Lipinski definition) is 1. The van der Waals surface area contributed by atoms with Crippen LogP contribution < -0.4 is 14.8 Å². The second kappa shape index (κ2) is 10.1. The molecular formula is C22H31NO2. The van der Waals surface area contributed by atoms with Crippen molar-refractivity contribution in [3.63, 3.8) is 0 Å². The number of aryl methyl sites for hydroxylation is 1. The summed E-state index contributed by atoms with van der Waals surface area (Å²) in [5.74, 6) is 1.82. The molecule has 1 N–H and O–H groups in total. The molecule has 0 aliphatic heterocycles. The second-order valence-electron chi connectivity index (χ2n) is 6.36. The van der Waals surface area contributed by atoms with E-state index in [0.29, 0.717) is 0 Å². The van der Waals surface area contributed by atoms with E-state index in [-0.39, 0.29) is 6.04 Å². The van der Waals surface area contributed by atoms with Crippen molar-refractivity contribution in [2.24, 2.45) is 0 Å². The summed E-state index contributed by atoms with van der Waals surface area (Å²) in [6.07, 6.45) is 4.29. The van der Waals surface area contributed by atoms with E-state index in [4.69, 9.17) is 9.47 Å². The molecule has 0 bridgehead atoms. The summed E-state index contributed by atoms with van der Waals surface area (Å²) >= 11 is 0. The fourth-order valence-electron chi connectivity index (χ4n) is 3.22. The summed E-state index contributed by atoms with van der Waals surface area (Å²) in [6, 6.07) is 15.1. The molecule has 136 valence electrons. The fourth-order valence-corrected chi connectivity index (χ4v) is 3.22. The molecule has 0 radical (unpaired) electrons. The van der Waals surface area contributed by atoms with Gasteiger partial charge < -0.3 is 14.8 Å². The third-order valence-corrected chi connectivity index (χ3v) is 4.50. The molecule has 1 atom stereocenters. The van der Waals surface area contributed by atoms with Gasteiger partial charge in [0.05, 0.1) is 14.2 Å². The minimum Gasteiger partial charge on any atom is -0.496 e. The second-order valence-corrected chi connectivity index (χ2v) is 6.36. The van der Waals surface area contributed by atoms with E-state index in [2.05, 4.69) is 55.6 Å². The maximum Gasteiger partial charge on any atom is 0.127 e. The lowest BCUT2D eigenvalue weighted by Gasteiger charge is -2.23. The smallest absolute Gasteiger partial charge is 0.127 e. The Morgan fingerprint density at radius 1 is 0.920 bits per heavy atom. The predicted molar refractivity (Wildman–Crippen MR) is 104 cm³/mol. The zero-order chi connectivity index (χ0) is 18.1. The Kier molecular flexibility index (Phi) is 7.80. The van der Waals surface area contributed by atoms with Gasteiger partial charge in [0.25, 0.3) is 0 Å². The lowest BCUT2D eigenvalue weighted by Crippen LogP contribution is -2.21. The Morgan fingerprint density at radius 2 is 1.64 bits per heavy atom. The van der Waals surface area contributed by atoms with Crippen LogP contribution in [0.25, 0.3) is 0 Å². The summed E-state index contributed by atoms with van der Waals surface area (Å²) in [5, 5.41) is 3.71. The van der Waals surface area contributed by atoms with Crippen LogP contribution in [0.1, 0.15) is 55.8 Å². The average molecular weight is 341 g/mol. The Hall–Kier alpha value is -2.00. The van der Waals surface area contributed by atoms with Gasteiger partial charge in [-0.15, -0.1) is 0 Å². The van der Waals surface area contributed by atoms with Crippen LogP contribution in [0.15, 0.2) is 42.5 Å². The van der Waals surface area contributed by atoms with Gasteiger partial charge in [-0.1, -0.05) is 57.0 Å². The lowest BCUT2D eigenvalue weighted by atomic mass is 9.96. The van der Waals surface area contributed by atoms with Crippen molar-refractivity contribution in [3.05, 3.63) is 59.2 Å². The first-order valence-electron chi connectivity index (χ1n) is 9.25.